The summed E-state index contributed by atoms with van der Waals surface area (Å²) >= 11 is 12.6. The molecular weight excluding hydrogens is 478 g/mol. The Morgan fingerprint density at radius 2 is 1.85 bits per heavy atom. The van der Waals surface area contributed by atoms with Gasteiger partial charge in [-0.2, -0.15) is 0 Å². The van der Waals surface area contributed by atoms with Crippen molar-refractivity contribution in [3.63, 3.8) is 0 Å². The van der Waals surface area contributed by atoms with E-state index >= 15 is 0 Å². The highest BCUT2D eigenvalue weighted by Crippen LogP contribution is 2.45. The summed E-state index contributed by atoms with van der Waals surface area (Å²) in [5, 5.41) is 0.571. The Bertz CT molecular complexity index is 1280. The molecule has 34 heavy (non-hydrogen) atoms. The van der Waals surface area contributed by atoms with Crippen LogP contribution in [0.4, 0.5) is 15.8 Å². The molecule has 0 aliphatic carbocycles. The van der Waals surface area contributed by atoms with Crippen LogP contribution in [0.2, 0.25) is 10.0 Å². The predicted molar refractivity (Wildman–Crippen MR) is 132 cm³/mol. The van der Waals surface area contributed by atoms with Crippen LogP contribution < -0.4 is 9.80 Å². The molecule has 2 fully saturated rings. The first kappa shape index (κ1) is 22.8. The molecule has 0 aromatic heterocycles. The zero-order chi connectivity index (χ0) is 24.0. The minimum Gasteiger partial charge on any atom is -0.380 e. The molecule has 0 atom stereocenters. The van der Waals surface area contributed by atoms with Crippen LogP contribution in [0.1, 0.15) is 20.7 Å². The molecule has 1 amide bonds. The molecule has 2 saturated heterocycles. The summed E-state index contributed by atoms with van der Waals surface area (Å²) in [5.41, 5.74) is 3.43. The summed E-state index contributed by atoms with van der Waals surface area (Å²) in [6.45, 7) is 3.00. The molecular formula is C26H21Cl2FN2O3. The lowest BCUT2D eigenvalue weighted by Gasteiger charge is -2.56. The van der Waals surface area contributed by atoms with E-state index in [-0.39, 0.29) is 16.0 Å². The first-order valence-corrected chi connectivity index (χ1v) is 11.5. The van der Waals surface area contributed by atoms with Gasteiger partial charge in [-0.25, -0.2) is 4.39 Å². The number of amides is 1. The Kier molecular flexibility index (Phi) is 5.84. The number of aldehydes is 1. The van der Waals surface area contributed by atoms with Crippen LogP contribution in [0.15, 0.2) is 54.6 Å². The normalized spacial score (nSPS) is 16.1. The Morgan fingerprint density at radius 1 is 1.09 bits per heavy atom. The maximum absolute atomic E-state index is 14.5. The second-order valence-electron chi connectivity index (χ2n) is 8.87. The molecule has 2 aliphatic heterocycles. The molecule has 8 heteroatoms. The predicted octanol–water partition coefficient (Wildman–Crippen LogP) is 5.73. The lowest BCUT2D eigenvalue weighted by atomic mass is 9.77. The van der Waals surface area contributed by atoms with Gasteiger partial charge in [-0.05, 0) is 42.0 Å². The first-order valence-electron chi connectivity index (χ1n) is 10.8. The Morgan fingerprint density at radius 3 is 2.50 bits per heavy atom. The summed E-state index contributed by atoms with van der Waals surface area (Å²) in [4.78, 5) is 28.1. The van der Waals surface area contributed by atoms with Crippen molar-refractivity contribution in [2.45, 2.75) is 0 Å². The van der Waals surface area contributed by atoms with Crippen molar-refractivity contribution in [2.75, 3.05) is 43.2 Å². The number of carbonyl (C=O) groups is 2. The molecule has 1 spiro atoms. The molecule has 3 aromatic rings. The fourth-order valence-electron chi connectivity index (χ4n) is 4.55. The average molecular weight is 499 g/mol. The van der Waals surface area contributed by atoms with Crippen LogP contribution in [-0.2, 0) is 4.74 Å². The van der Waals surface area contributed by atoms with Crippen LogP contribution in [0.3, 0.4) is 0 Å². The van der Waals surface area contributed by atoms with Crippen molar-refractivity contribution in [1.29, 1.82) is 0 Å². The van der Waals surface area contributed by atoms with E-state index in [1.807, 2.05) is 18.2 Å². The van der Waals surface area contributed by atoms with Crippen LogP contribution in [0.5, 0.6) is 0 Å². The number of hydrogen-bond donors (Lipinski definition) is 0. The number of hydrogen-bond acceptors (Lipinski definition) is 4. The van der Waals surface area contributed by atoms with Gasteiger partial charge in [0, 0.05) is 36.3 Å². The molecule has 0 radical (unpaired) electrons. The summed E-state index contributed by atoms with van der Waals surface area (Å²) in [7, 11) is 1.60. The summed E-state index contributed by atoms with van der Waals surface area (Å²) < 4.78 is 19.9. The third kappa shape index (κ3) is 3.86. The molecule has 3 aromatic carbocycles. The summed E-state index contributed by atoms with van der Waals surface area (Å²) in [6.07, 6.45) is 0.773. The first-order chi connectivity index (χ1) is 16.3. The summed E-state index contributed by atoms with van der Waals surface area (Å²) in [6, 6.07) is 14.9. The molecule has 2 aliphatic rings. The van der Waals surface area contributed by atoms with Crippen LogP contribution >= 0.6 is 23.2 Å². The van der Waals surface area contributed by atoms with Crippen LogP contribution in [0.25, 0.3) is 11.1 Å². The number of anilines is 2. The second-order valence-corrected chi connectivity index (χ2v) is 9.68. The van der Waals surface area contributed by atoms with Crippen molar-refractivity contribution >= 4 is 46.8 Å². The monoisotopic (exact) mass is 498 g/mol. The highest BCUT2D eigenvalue weighted by Gasteiger charge is 2.49. The highest BCUT2D eigenvalue weighted by molar-refractivity contribution is 6.34. The van der Waals surface area contributed by atoms with Crippen molar-refractivity contribution in [1.82, 2.24) is 0 Å². The van der Waals surface area contributed by atoms with Crippen molar-refractivity contribution in [3.8, 4) is 11.1 Å². The van der Waals surface area contributed by atoms with Gasteiger partial charge in [0.25, 0.3) is 5.91 Å². The van der Waals surface area contributed by atoms with Gasteiger partial charge in [0.15, 0.2) is 0 Å². The number of halogens is 3. The molecule has 0 saturated carbocycles. The molecule has 2 heterocycles. The van der Waals surface area contributed by atoms with E-state index in [1.54, 1.807) is 25.2 Å². The van der Waals surface area contributed by atoms with Gasteiger partial charge in [0.1, 0.15) is 12.1 Å². The zero-order valence-electron chi connectivity index (χ0n) is 18.4. The molecule has 0 N–H and O–H groups in total. The topological polar surface area (TPSA) is 49.9 Å². The average Bonchev–Trinajstić information content (AvgIpc) is 2.77. The minimum atomic E-state index is -0.672. The minimum absolute atomic E-state index is 0.0574. The third-order valence-corrected chi connectivity index (χ3v) is 7.11. The van der Waals surface area contributed by atoms with Crippen molar-refractivity contribution < 1.29 is 18.7 Å². The lowest BCUT2D eigenvalue weighted by Crippen LogP contribution is -2.66. The smallest absolute Gasteiger partial charge is 0.262 e. The Labute approximate surface area is 206 Å². The Balaban J connectivity index is 1.57. The number of nitrogens with zero attached hydrogens (tertiary/aromatic N) is 2. The standard InChI is InChI=1S/C26H21Cl2FN2O3/c1-30(25(33)24-20(28)3-2-4-21(24)29)22-8-6-17(18-9-16(11-32)5-7-19(18)27)10-23(22)31-12-26(13-31)14-34-15-26/h2-11H,12-15H2,1H3. The van der Waals surface area contributed by atoms with Gasteiger partial charge in [0.2, 0.25) is 0 Å². The Hall–Kier alpha value is -2.93. The van der Waals surface area contributed by atoms with Gasteiger partial charge in [-0.1, -0.05) is 41.4 Å². The van der Waals surface area contributed by atoms with Crippen molar-refractivity contribution in [3.05, 3.63) is 81.6 Å². The molecule has 5 nitrogen and oxygen atoms in total. The second kappa shape index (κ2) is 8.69. The zero-order valence-corrected chi connectivity index (χ0v) is 19.9. The SMILES string of the molecule is CN(C(=O)c1c(F)cccc1Cl)c1ccc(-c2cc(C=O)ccc2Cl)cc1N1CC2(COC2)C1. The maximum atomic E-state index is 14.5. The molecule has 174 valence electrons. The fourth-order valence-corrected chi connectivity index (χ4v) is 5.02. The van der Waals surface area contributed by atoms with Gasteiger partial charge < -0.3 is 14.5 Å². The van der Waals surface area contributed by atoms with Crippen LogP contribution in [0, 0.1) is 11.2 Å². The lowest BCUT2D eigenvalue weighted by molar-refractivity contribution is -0.127. The van der Waals surface area contributed by atoms with E-state index < -0.39 is 11.7 Å². The van der Waals surface area contributed by atoms with E-state index in [4.69, 9.17) is 27.9 Å². The number of carbonyl (C=O) groups excluding carboxylic acids is 2. The maximum Gasteiger partial charge on any atom is 0.262 e. The van der Waals surface area contributed by atoms with E-state index in [1.165, 1.54) is 23.1 Å². The van der Waals surface area contributed by atoms with E-state index in [0.29, 0.717) is 35.1 Å². The van der Waals surface area contributed by atoms with E-state index in [0.717, 1.165) is 30.6 Å². The van der Waals surface area contributed by atoms with Crippen molar-refractivity contribution in [2.24, 2.45) is 5.41 Å². The quantitative estimate of drug-likeness (QED) is 0.421. The van der Waals surface area contributed by atoms with Gasteiger partial charge in [-0.15, -0.1) is 0 Å². The van der Waals surface area contributed by atoms with E-state index in [9.17, 15) is 14.0 Å². The summed E-state index contributed by atoms with van der Waals surface area (Å²) in [5.74, 6) is -1.21. The third-order valence-electron chi connectivity index (χ3n) is 6.47. The molecule has 0 bridgehead atoms. The molecule has 5 rings (SSSR count). The van der Waals surface area contributed by atoms with Gasteiger partial charge in [-0.3, -0.25) is 9.59 Å². The fraction of sp³-hybridized carbons (Fsp3) is 0.231. The number of rotatable bonds is 5. The van der Waals surface area contributed by atoms with Crippen LogP contribution in [-0.4, -0.2) is 45.5 Å². The van der Waals surface area contributed by atoms with E-state index in [2.05, 4.69) is 4.90 Å². The highest BCUT2D eigenvalue weighted by atomic mass is 35.5. The van der Waals surface area contributed by atoms with Gasteiger partial charge >= 0.3 is 0 Å². The van der Waals surface area contributed by atoms with Gasteiger partial charge in [0.05, 0.1) is 40.6 Å². The number of ether oxygens (including phenoxy) is 1. The largest absolute Gasteiger partial charge is 0.380 e. The number of benzene rings is 3. The molecule has 0 unspecified atom stereocenters.